The number of likely N-dealkylation sites (tertiary alicyclic amines) is 1. The molecule has 2 unspecified atom stereocenters. The van der Waals surface area contributed by atoms with Gasteiger partial charge in [-0.05, 0) is 50.3 Å². The molecule has 8 rings (SSSR count). The summed E-state index contributed by atoms with van der Waals surface area (Å²) in [5, 5.41) is 36.5. The summed E-state index contributed by atoms with van der Waals surface area (Å²) in [5.41, 5.74) is 3.77. The zero-order chi connectivity index (χ0) is 36.3. The third-order valence-corrected chi connectivity index (χ3v) is 10.3. The highest BCUT2D eigenvalue weighted by molar-refractivity contribution is 6.14. The molecular weight excluding hydrogens is 661 g/mol. The summed E-state index contributed by atoms with van der Waals surface area (Å²) < 4.78 is 2.03. The summed E-state index contributed by atoms with van der Waals surface area (Å²) in [5.74, 6) is -0.514. The molecule has 4 aromatic rings. The summed E-state index contributed by atoms with van der Waals surface area (Å²) >= 11 is 0. The maximum absolute atomic E-state index is 13.3. The molecule has 3 amide bonds. The predicted octanol–water partition coefficient (Wildman–Crippen LogP) is 2.81. The zero-order valence-electron chi connectivity index (χ0n) is 29.3. The van der Waals surface area contributed by atoms with Crippen LogP contribution in [-0.2, 0) is 10.4 Å². The highest BCUT2D eigenvalue weighted by Crippen LogP contribution is 2.50. The molecule has 15 nitrogen and oxygen atoms in total. The number of amides is 3. The molecule has 2 aliphatic heterocycles. The monoisotopic (exact) mass is 701 g/mol. The van der Waals surface area contributed by atoms with Crippen molar-refractivity contribution in [3.8, 4) is 11.1 Å². The van der Waals surface area contributed by atoms with Crippen molar-refractivity contribution in [2.45, 2.75) is 62.8 Å². The van der Waals surface area contributed by atoms with E-state index < -0.39 is 5.62 Å². The fraction of sp³-hybridized carbons (Fsp3) is 0.417. The Bertz CT molecular complexity index is 2070. The van der Waals surface area contributed by atoms with E-state index in [1.807, 2.05) is 30.1 Å². The molecule has 5 heterocycles. The van der Waals surface area contributed by atoms with Crippen molar-refractivity contribution in [1.29, 1.82) is 0 Å². The van der Waals surface area contributed by atoms with Crippen molar-refractivity contribution in [2.75, 3.05) is 42.7 Å². The van der Waals surface area contributed by atoms with Crippen LogP contribution in [0.15, 0.2) is 48.7 Å². The number of carbonyl (C=O) groups excluding carboxylic acids is 3. The lowest BCUT2D eigenvalue weighted by atomic mass is 9.82. The van der Waals surface area contributed by atoms with E-state index in [1.54, 1.807) is 29.2 Å². The molecule has 3 fully saturated rings. The summed E-state index contributed by atoms with van der Waals surface area (Å²) in [6.07, 6.45) is 6.23. The van der Waals surface area contributed by atoms with Crippen LogP contribution in [-0.4, -0.2) is 93.8 Å². The Hall–Kier alpha value is -5.35. The highest BCUT2D eigenvalue weighted by atomic mass is 16.3. The number of nitrogens with zero attached hydrogens (tertiary/aromatic N) is 7. The maximum Gasteiger partial charge on any atom is 0.274 e. The number of para-hydroxylation sites is 1. The smallest absolute Gasteiger partial charge is 0.274 e. The molecule has 1 aromatic carbocycles. The Balaban J connectivity index is 1.08. The second kappa shape index (κ2) is 13.0. The Morgan fingerprint density at radius 3 is 2.48 bits per heavy atom. The fourth-order valence-electron chi connectivity index (χ4n) is 7.11. The van der Waals surface area contributed by atoms with Gasteiger partial charge in [0.2, 0.25) is 5.91 Å². The van der Waals surface area contributed by atoms with Gasteiger partial charge in [-0.3, -0.25) is 24.0 Å². The first-order valence-electron chi connectivity index (χ1n) is 17.7. The quantitative estimate of drug-likeness (QED) is 0.145. The van der Waals surface area contributed by atoms with Crippen molar-refractivity contribution < 1.29 is 19.5 Å². The lowest BCUT2D eigenvalue weighted by Gasteiger charge is -2.49. The van der Waals surface area contributed by atoms with Crippen LogP contribution in [0.3, 0.4) is 0 Å². The van der Waals surface area contributed by atoms with Gasteiger partial charge in [0.1, 0.15) is 19.2 Å². The van der Waals surface area contributed by atoms with Crippen LogP contribution in [0.4, 0.5) is 22.9 Å². The highest BCUT2D eigenvalue weighted by Gasteiger charge is 2.44. The molecule has 4 aliphatic rings. The number of anilines is 4. The molecule has 0 spiro atoms. The molecule has 3 aromatic heterocycles. The van der Waals surface area contributed by atoms with E-state index in [-0.39, 0.29) is 64.7 Å². The number of benzene rings is 1. The van der Waals surface area contributed by atoms with E-state index >= 15 is 0 Å². The molecule has 1 saturated heterocycles. The third-order valence-electron chi connectivity index (χ3n) is 10.3. The van der Waals surface area contributed by atoms with Gasteiger partial charge in [0.05, 0.1) is 46.7 Å². The maximum atomic E-state index is 13.3. The number of pyridine rings is 1. The van der Waals surface area contributed by atoms with Crippen molar-refractivity contribution >= 4 is 48.4 Å². The Morgan fingerprint density at radius 2 is 1.77 bits per heavy atom. The van der Waals surface area contributed by atoms with Crippen LogP contribution in [0.25, 0.3) is 11.1 Å². The topological polar surface area (TPSA) is 183 Å². The van der Waals surface area contributed by atoms with E-state index in [2.05, 4.69) is 54.3 Å². The van der Waals surface area contributed by atoms with Crippen molar-refractivity contribution in [3.63, 3.8) is 0 Å². The van der Waals surface area contributed by atoms with Crippen LogP contribution in [0.5, 0.6) is 0 Å². The molecular formula is C36H40BN11O4. The summed E-state index contributed by atoms with van der Waals surface area (Å²) in [4.78, 5) is 46.3. The number of aromatic nitrogens is 5. The van der Waals surface area contributed by atoms with E-state index in [0.717, 1.165) is 60.3 Å². The molecule has 2 atom stereocenters. The molecule has 2 saturated carbocycles. The second-order valence-electron chi connectivity index (χ2n) is 14.0. The Labute approximate surface area is 302 Å². The number of rotatable bonds is 11. The number of hydrogen-bond donors (Lipinski definition) is 5. The normalized spacial score (nSPS) is 19.5. The average molecular weight is 702 g/mol. The van der Waals surface area contributed by atoms with Gasteiger partial charge in [-0.15, -0.1) is 10.2 Å². The minimum Gasteiger partial charge on any atom is -0.379 e. The van der Waals surface area contributed by atoms with Crippen LogP contribution in [0.1, 0.15) is 83.5 Å². The zero-order valence-corrected chi connectivity index (χ0v) is 29.3. The van der Waals surface area contributed by atoms with E-state index in [0.29, 0.717) is 18.8 Å². The van der Waals surface area contributed by atoms with Crippen molar-refractivity contribution in [1.82, 2.24) is 40.5 Å². The van der Waals surface area contributed by atoms with Crippen LogP contribution >= 0.6 is 0 Å². The number of nitrogens with one attached hydrogen (secondary N) is 4. The first-order chi connectivity index (χ1) is 25.1. The van der Waals surface area contributed by atoms with Gasteiger partial charge < -0.3 is 31.3 Å². The number of hydrogen-bond acceptors (Lipinski definition) is 11. The van der Waals surface area contributed by atoms with Crippen LogP contribution in [0.2, 0.25) is 0 Å². The second-order valence-corrected chi connectivity index (χ2v) is 14.0. The summed E-state index contributed by atoms with van der Waals surface area (Å²) in [6, 6.07) is 12.5. The SMILES string of the molecule is [B]C(O)(c1cccc(C(=O)NC)n1)N1CC(n2ncc3c2C(CC)N(C)c2c(Nc4cc(NC(=O)C5CC5)nnc4C(=O)NC4CC4)cccc2-3)C1. The van der Waals surface area contributed by atoms with Gasteiger partial charge in [-0.2, -0.15) is 5.10 Å². The molecule has 5 N–H and O–H groups in total. The minimum absolute atomic E-state index is 0.0132. The van der Waals surface area contributed by atoms with Gasteiger partial charge in [-0.1, -0.05) is 25.1 Å². The minimum atomic E-state index is -1.88. The molecule has 2 aliphatic carbocycles. The Kier molecular flexibility index (Phi) is 8.45. The van der Waals surface area contributed by atoms with Crippen LogP contribution in [0, 0.1) is 5.92 Å². The van der Waals surface area contributed by atoms with Gasteiger partial charge in [0.25, 0.3) is 11.8 Å². The first-order valence-corrected chi connectivity index (χ1v) is 17.7. The van der Waals surface area contributed by atoms with Crippen LogP contribution < -0.4 is 26.2 Å². The van der Waals surface area contributed by atoms with Gasteiger partial charge in [-0.25, -0.2) is 4.98 Å². The largest absolute Gasteiger partial charge is 0.379 e. The third kappa shape index (κ3) is 6.04. The molecule has 266 valence electrons. The van der Waals surface area contributed by atoms with Crippen molar-refractivity contribution in [3.05, 3.63) is 71.4 Å². The van der Waals surface area contributed by atoms with Gasteiger partial charge >= 0.3 is 0 Å². The standard InChI is InChI=1S/C36H40BN11O4/c1-4-27-32-23(16-39-48(32)21-17-47(18-21)36(37,52)28-10-6-9-25(42-28)34(50)38-2)22-7-5-8-24(31(22)46(27)3)41-26-15-29(43-33(49)19-11-12-19)44-45-30(26)35(51)40-20-13-14-20/h5-10,15-16,19-21,27,52H,4,11-14,17-18H2,1-3H3,(H,38,50)(H,40,51)(H2,41,43,44,49). The molecule has 0 bridgehead atoms. The van der Waals surface area contributed by atoms with Gasteiger partial charge in [0, 0.05) is 56.3 Å². The number of carbonyl (C=O) groups is 3. The van der Waals surface area contributed by atoms with Crippen molar-refractivity contribution in [2.24, 2.45) is 5.92 Å². The summed E-state index contributed by atoms with van der Waals surface area (Å²) in [7, 11) is 9.98. The number of aliphatic hydroxyl groups is 1. The molecule has 16 heteroatoms. The lowest BCUT2D eigenvalue weighted by molar-refractivity contribution is -0.117. The van der Waals surface area contributed by atoms with E-state index in [1.165, 1.54) is 7.05 Å². The van der Waals surface area contributed by atoms with Gasteiger partial charge in [0.15, 0.2) is 11.5 Å². The lowest BCUT2D eigenvalue weighted by Crippen LogP contribution is -2.59. The Morgan fingerprint density at radius 1 is 1.00 bits per heavy atom. The van der Waals surface area contributed by atoms with E-state index in [9.17, 15) is 19.5 Å². The average Bonchev–Trinajstić information content (AvgIpc) is 4.06. The van der Waals surface area contributed by atoms with E-state index in [4.69, 9.17) is 12.9 Å². The molecule has 2 radical (unpaired) electrons. The summed E-state index contributed by atoms with van der Waals surface area (Å²) in [6.45, 7) is 2.96. The fourth-order valence-corrected chi connectivity index (χ4v) is 7.11. The number of fused-ring (bicyclic) bond motifs is 3. The first kappa shape index (κ1) is 33.8. The molecule has 52 heavy (non-hydrogen) atoms. The predicted molar refractivity (Wildman–Crippen MR) is 194 cm³/mol.